The van der Waals surface area contributed by atoms with E-state index in [1.807, 2.05) is 0 Å². The first kappa shape index (κ1) is 20.9. The summed E-state index contributed by atoms with van der Waals surface area (Å²) in [5.41, 5.74) is 1.43. The fraction of sp³-hybridized carbons (Fsp3) is 0.286. The molecule has 0 spiro atoms. The maximum atomic E-state index is 12.7. The van der Waals surface area contributed by atoms with Crippen LogP contribution in [0.1, 0.15) is 40.7 Å². The molecule has 0 bridgehead atoms. The van der Waals surface area contributed by atoms with Crippen LogP contribution in [0.4, 0.5) is 5.69 Å². The van der Waals surface area contributed by atoms with Crippen molar-refractivity contribution in [2.75, 3.05) is 13.1 Å². The lowest BCUT2D eigenvalue weighted by Gasteiger charge is -2.25. The first-order chi connectivity index (χ1) is 13.8. The molecule has 0 aliphatic carbocycles. The Bertz CT molecular complexity index is 1050. The van der Waals surface area contributed by atoms with Gasteiger partial charge in [-0.25, -0.2) is 8.42 Å². The fourth-order valence-corrected chi connectivity index (χ4v) is 4.76. The molecule has 2 aromatic carbocycles. The molecular weight excluding hydrogens is 392 g/mol. The number of sulfonamides is 1. The summed E-state index contributed by atoms with van der Waals surface area (Å²) in [7, 11) is -3.54. The van der Waals surface area contributed by atoms with Crippen molar-refractivity contribution in [3.63, 3.8) is 0 Å². The number of nitro groups is 1. The van der Waals surface area contributed by atoms with Gasteiger partial charge >= 0.3 is 0 Å². The van der Waals surface area contributed by atoms with E-state index in [4.69, 9.17) is 0 Å². The molecule has 1 aliphatic rings. The molecule has 1 aliphatic heterocycles. The number of carbonyl (C=O) groups excluding carboxylic acids is 1. The summed E-state index contributed by atoms with van der Waals surface area (Å²) in [6.45, 7) is 2.69. The second-order valence-electron chi connectivity index (χ2n) is 6.99. The highest BCUT2D eigenvalue weighted by Gasteiger charge is 2.25. The minimum absolute atomic E-state index is 0.00753. The first-order valence-corrected chi connectivity index (χ1v) is 10.8. The zero-order valence-corrected chi connectivity index (χ0v) is 16.9. The van der Waals surface area contributed by atoms with Crippen LogP contribution in [0.25, 0.3) is 6.08 Å². The Morgan fingerprint density at radius 1 is 1.07 bits per heavy atom. The molecule has 2 aromatic rings. The zero-order chi connectivity index (χ0) is 21.0. The van der Waals surface area contributed by atoms with Gasteiger partial charge in [-0.15, -0.1) is 0 Å². The molecule has 0 radical (unpaired) electrons. The smallest absolute Gasteiger partial charge is 0.272 e. The van der Waals surface area contributed by atoms with Crippen LogP contribution in [0.3, 0.4) is 0 Å². The van der Waals surface area contributed by atoms with Crippen LogP contribution in [0, 0.1) is 17.0 Å². The van der Waals surface area contributed by atoms with Crippen molar-refractivity contribution in [2.45, 2.75) is 31.1 Å². The van der Waals surface area contributed by atoms with Crippen LogP contribution < -0.4 is 0 Å². The Balaban J connectivity index is 1.74. The van der Waals surface area contributed by atoms with E-state index in [2.05, 4.69) is 0 Å². The number of ketones is 1. The Morgan fingerprint density at radius 2 is 1.72 bits per heavy atom. The third-order valence-corrected chi connectivity index (χ3v) is 6.86. The van der Waals surface area contributed by atoms with Crippen LogP contribution >= 0.6 is 0 Å². The molecule has 0 saturated carbocycles. The molecular formula is C21H22N2O5S. The van der Waals surface area contributed by atoms with Gasteiger partial charge in [0.25, 0.3) is 5.69 Å². The Hall–Kier alpha value is -2.84. The van der Waals surface area contributed by atoms with E-state index in [0.717, 1.165) is 19.3 Å². The minimum atomic E-state index is -3.54. The van der Waals surface area contributed by atoms with Gasteiger partial charge in [-0.2, -0.15) is 4.31 Å². The first-order valence-electron chi connectivity index (χ1n) is 9.37. The largest absolute Gasteiger partial charge is 0.289 e. The lowest BCUT2D eigenvalue weighted by Crippen LogP contribution is -2.35. The van der Waals surface area contributed by atoms with Gasteiger partial charge < -0.3 is 0 Å². The van der Waals surface area contributed by atoms with Crippen LogP contribution in [-0.4, -0.2) is 36.5 Å². The number of hydrogen-bond donors (Lipinski definition) is 0. The van der Waals surface area contributed by atoms with Crippen molar-refractivity contribution in [3.8, 4) is 0 Å². The number of aryl methyl sites for hydroxylation is 1. The Kier molecular flexibility index (Phi) is 6.24. The summed E-state index contributed by atoms with van der Waals surface area (Å²) in [5, 5.41) is 11.0. The summed E-state index contributed by atoms with van der Waals surface area (Å²) in [5.74, 6) is -0.310. The average molecular weight is 414 g/mol. The van der Waals surface area contributed by atoms with E-state index >= 15 is 0 Å². The summed E-state index contributed by atoms with van der Waals surface area (Å²) in [6, 6.07) is 10.6. The van der Waals surface area contributed by atoms with Gasteiger partial charge in [-0.3, -0.25) is 14.9 Å². The summed E-state index contributed by atoms with van der Waals surface area (Å²) >= 11 is 0. The third-order valence-electron chi connectivity index (χ3n) is 4.95. The van der Waals surface area contributed by atoms with Crippen molar-refractivity contribution in [1.82, 2.24) is 4.31 Å². The van der Waals surface area contributed by atoms with Crippen LogP contribution in [0.5, 0.6) is 0 Å². The van der Waals surface area contributed by atoms with E-state index in [9.17, 15) is 23.3 Å². The molecule has 3 rings (SSSR count). The van der Waals surface area contributed by atoms with Crippen molar-refractivity contribution in [3.05, 3.63) is 75.3 Å². The van der Waals surface area contributed by atoms with Gasteiger partial charge in [0, 0.05) is 30.3 Å². The molecule has 0 unspecified atom stereocenters. The zero-order valence-electron chi connectivity index (χ0n) is 16.1. The highest BCUT2D eigenvalue weighted by Crippen LogP contribution is 2.22. The predicted molar refractivity (Wildman–Crippen MR) is 110 cm³/mol. The number of rotatable bonds is 6. The highest BCUT2D eigenvalue weighted by molar-refractivity contribution is 7.89. The number of hydrogen-bond acceptors (Lipinski definition) is 5. The van der Waals surface area contributed by atoms with Gasteiger partial charge in [0.15, 0.2) is 5.78 Å². The highest BCUT2D eigenvalue weighted by atomic mass is 32.2. The molecule has 1 saturated heterocycles. The summed E-state index contributed by atoms with van der Waals surface area (Å²) in [6.07, 6.45) is 5.58. The molecule has 152 valence electrons. The monoisotopic (exact) mass is 414 g/mol. The SMILES string of the molecule is Cc1ccc(/C=C/C(=O)c2ccc(S(=O)(=O)N3CCCCC3)cc2)cc1[N+](=O)[O-]. The number of benzene rings is 2. The van der Waals surface area contributed by atoms with E-state index in [1.54, 1.807) is 19.1 Å². The minimum Gasteiger partial charge on any atom is -0.289 e. The number of nitro benzene ring substituents is 1. The van der Waals surface area contributed by atoms with Crippen LogP contribution in [-0.2, 0) is 10.0 Å². The summed E-state index contributed by atoms with van der Waals surface area (Å²) < 4.78 is 26.8. The molecule has 0 N–H and O–H groups in total. The van der Waals surface area contributed by atoms with Gasteiger partial charge in [0.1, 0.15) is 0 Å². The molecule has 29 heavy (non-hydrogen) atoms. The van der Waals surface area contributed by atoms with Gasteiger partial charge in [0.2, 0.25) is 10.0 Å². The maximum absolute atomic E-state index is 12.7. The van der Waals surface area contributed by atoms with E-state index in [-0.39, 0.29) is 16.4 Å². The lowest BCUT2D eigenvalue weighted by atomic mass is 10.1. The van der Waals surface area contributed by atoms with E-state index < -0.39 is 14.9 Å². The van der Waals surface area contributed by atoms with E-state index in [0.29, 0.717) is 29.8 Å². The second-order valence-corrected chi connectivity index (χ2v) is 8.93. The van der Waals surface area contributed by atoms with Crippen LogP contribution in [0.2, 0.25) is 0 Å². The van der Waals surface area contributed by atoms with Crippen molar-refractivity contribution in [2.24, 2.45) is 0 Å². The second kappa shape index (κ2) is 8.67. The quantitative estimate of drug-likeness (QED) is 0.308. The molecule has 1 fully saturated rings. The molecule has 7 nitrogen and oxygen atoms in total. The third kappa shape index (κ3) is 4.78. The van der Waals surface area contributed by atoms with Crippen molar-refractivity contribution in [1.29, 1.82) is 0 Å². The van der Waals surface area contributed by atoms with Gasteiger partial charge in [-0.1, -0.05) is 24.6 Å². The normalized spacial score (nSPS) is 15.5. The molecule has 1 heterocycles. The number of carbonyl (C=O) groups is 1. The Labute approximate surface area is 169 Å². The summed E-state index contributed by atoms with van der Waals surface area (Å²) in [4.78, 5) is 23.1. The molecule has 0 atom stereocenters. The maximum Gasteiger partial charge on any atom is 0.272 e. The fourth-order valence-electron chi connectivity index (χ4n) is 3.24. The standard InChI is InChI=1S/C21H22N2O5S/c1-16-5-6-17(15-20(16)23(25)26)7-12-21(24)18-8-10-19(11-9-18)29(27,28)22-13-3-2-4-14-22/h5-12,15H,2-4,13-14H2,1H3/b12-7+. The predicted octanol–water partition coefficient (Wildman–Crippen LogP) is 3.97. The number of nitrogens with zero attached hydrogens (tertiary/aromatic N) is 2. The number of piperidine rings is 1. The van der Waals surface area contributed by atoms with Gasteiger partial charge in [-0.05, 0) is 55.7 Å². The lowest BCUT2D eigenvalue weighted by molar-refractivity contribution is -0.385. The average Bonchev–Trinajstić information content (AvgIpc) is 2.73. The van der Waals surface area contributed by atoms with E-state index in [1.165, 1.54) is 46.8 Å². The van der Waals surface area contributed by atoms with Gasteiger partial charge in [0.05, 0.1) is 9.82 Å². The molecule has 8 heteroatoms. The molecule has 0 amide bonds. The Morgan fingerprint density at radius 3 is 2.34 bits per heavy atom. The van der Waals surface area contributed by atoms with Crippen molar-refractivity contribution >= 4 is 27.6 Å². The van der Waals surface area contributed by atoms with Crippen LogP contribution in [0.15, 0.2) is 53.4 Å². The van der Waals surface area contributed by atoms with Crippen molar-refractivity contribution < 1.29 is 18.1 Å². The number of allylic oxidation sites excluding steroid dienone is 1. The topological polar surface area (TPSA) is 97.6 Å². The molecule has 0 aromatic heterocycles.